The molecule has 3 rings (SSSR count). The Labute approximate surface area is 111 Å². The van der Waals surface area contributed by atoms with E-state index >= 15 is 0 Å². The molecular formula is C12H16N4O2S. The molecule has 2 aromatic rings. The lowest BCUT2D eigenvalue weighted by Crippen LogP contribution is -2.13. The van der Waals surface area contributed by atoms with Crippen molar-refractivity contribution in [2.45, 2.75) is 19.9 Å². The fraction of sp³-hybridized carbons (Fsp3) is 0.500. The summed E-state index contributed by atoms with van der Waals surface area (Å²) in [5.41, 5.74) is 1.79. The third kappa shape index (κ3) is 2.42. The molecule has 2 aromatic heterocycles. The van der Waals surface area contributed by atoms with Crippen LogP contribution in [0.2, 0.25) is 0 Å². The van der Waals surface area contributed by atoms with Crippen LogP contribution >= 0.6 is 0 Å². The molecule has 1 aliphatic rings. The van der Waals surface area contributed by atoms with Crippen molar-refractivity contribution in [1.82, 2.24) is 19.5 Å². The maximum absolute atomic E-state index is 11.5. The first-order chi connectivity index (χ1) is 9.05. The highest BCUT2D eigenvalue weighted by Gasteiger charge is 2.28. The van der Waals surface area contributed by atoms with E-state index in [0.717, 1.165) is 23.6 Å². The van der Waals surface area contributed by atoms with Crippen molar-refractivity contribution in [3.63, 3.8) is 0 Å². The maximum Gasteiger partial charge on any atom is 0.160 e. The van der Waals surface area contributed by atoms with Gasteiger partial charge in [-0.2, -0.15) is 0 Å². The zero-order chi connectivity index (χ0) is 13.5. The van der Waals surface area contributed by atoms with Crippen molar-refractivity contribution >= 4 is 9.84 Å². The highest BCUT2D eigenvalue weighted by Crippen LogP contribution is 2.24. The molecule has 1 saturated heterocycles. The van der Waals surface area contributed by atoms with E-state index < -0.39 is 9.84 Å². The van der Waals surface area contributed by atoms with Gasteiger partial charge in [0.05, 0.1) is 17.8 Å². The van der Waals surface area contributed by atoms with Gasteiger partial charge < -0.3 is 9.55 Å². The Morgan fingerprint density at radius 1 is 1.47 bits per heavy atom. The number of hydrogen-bond donors (Lipinski definition) is 1. The van der Waals surface area contributed by atoms with Gasteiger partial charge in [-0.15, -0.1) is 0 Å². The maximum atomic E-state index is 11.5. The predicted molar refractivity (Wildman–Crippen MR) is 71.3 cm³/mol. The van der Waals surface area contributed by atoms with E-state index in [1.807, 2.05) is 17.7 Å². The first kappa shape index (κ1) is 12.4. The molecule has 1 N–H and O–H groups in total. The monoisotopic (exact) mass is 280 g/mol. The van der Waals surface area contributed by atoms with E-state index in [2.05, 4.69) is 15.0 Å². The van der Waals surface area contributed by atoms with Crippen LogP contribution in [0.5, 0.6) is 0 Å². The molecule has 0 bridgehead atoms. The van der Waals surface area contributed by atoms with Gasteiger partial charge in [-0.3, -0.25) is 0 Å². The Hall–Kier alpha value is -1.63. The normalized spacial score (nSPS) is 21.8. The molecule has 0 spiro atoms. The van der Waals surface area contributed by atoms with Crippen molar-refractivity contribution in [3.05, 3.63) is 24.4 Å². The van der Waals surface area contributed by atoms with E-state index in [1.165, 1.54) is 0 Å². The quantitative estimate of drug-likeness (QED) is 0.910. The molecule has 0 unspecified atom stereocenters. The molecule has 0 amide bonds. The van der Waals surface area contributed by atoms with Crippen LogP contribution in [-0.2, 0) is 16.4 Å². The number of nitrogens with one attached hydrogen (secondary N) is 1. The van der Waals surface area contributed by atoms with Crippen molar-refractivity contribution in [1.29, 1.82) is 0 Å². The van der Waals surface area contributed by atoms with E-state index in [4.69, 9.17) is 0 Å². The molecule has 1 fully saturated rings. The smallest absolute Gasteiger partial charge is 0.160 e. The van der Waals surface area contributed by atoms with Crippen molar-refractivity contribution in [3.8, 4) is 11.5 Å². The fourth-order valence-electron chi connectivity index (χ4n) is 2.55. The van der Waals surface area contributed by atoms with Crippen LogP contribution in [0.1, 0.15) is 12.1 Å². The number of imidazole rings is 2. The first-order valence-electron chi connectivity index (χ1n) is 6.27. The molecule has 0 radical (unpaired) electrons. The SMILES string of the molecule is Cc1[nH]cnc1-c1nccn1C[C@@H]1CCS(=O)(=O)C1. The molecule has 0 aromatic carbocycles. The number of aromatic nitrogens is 4. The van der Waals surface area contributed by atoms with E-state index in [1.54, 1.807) is 12.5 Å². The highest BCUT2D eigenvalue weighted by atomic mass is 32.2. The Morgan fingerprint density at radius 2 is 2.32 bits per heavy atom. The Balaban J connectivity index is 1.84. The molecule has 3 heterocycles. The molecule has 6 nitrogen and oxygen atoms in total. The zero-order valence-corrected chi connectivity index (χ0v) is 11.5. The third-order valence-corrected chi connectivity index (χ3v) is 5.38. The summed E-state index contributed by atoms with van der Waals surface area (Å²) < 4.78 is 25.0. The van der Waals surface area contributed by atoms with Crippen LogP contribution in [0.25, 0.3) is 11.5 Å². The minimum Gasteiger partial charge on any atom is -0.348 e. The van der Waals surface area contributed by atoms with Gasteiger partial charge in [0.1, 0.15) is 5.69 Å². The third-order valence-electron chi connectivity index (χ3n) is 3.54. The second kappa shape index (κ2) is 4.48. The summed E-state index contributed by atoms with van der Waals surface area (Å²) in [6.07, 6.45) is 5.99. The fourth-order valence-corrected chi connectivity index (χ4v) is 4.40. The Kier molecular flexibility index (Phi) is 2.93. The summed E-state index contributed by atoms with van der Waals surface area (Å²) in [6.45, 7) is 2.63. The number of rotatable bonds is 3. The van der Waals surface area contributed by atoms with E-state index in [-0.39, 0.29) is 11.7 Å². The summed E-state index contributed by atoms with van der Waals surface area (Å²) in [5.74, 6) is 1.56. The lowest BCUT2D eigenvalue weighted by molar-refractivity contribution is 0.493. The summed E-state index contributed by atoms with van der Waals surface area (Å²) >= 11 is 0. The number of hydrogen-bond acceptors (Lipinski definition) is 4. The highest BCUT2D eigenvalue weighted by molar-refractivity contribution is 7.91. The standard InChI is InChI=1S/C12H16N4O2S/c1-9-11(15-8-14-9)12-13-3-4-16(12)6-10-2-5-19(17,18)7-10/h3-4,8,10H,2,5-7H2,1H3,(H,14,15)/t10-/m0/s1. The van der Waals surface area contributed by atoms with Crippen molar-refractivity contribution in [2.75, 3.05) is 11.5 Å². The summed E-state index contributed by atoms with van der Waals surface area (Å²) in [4.78, 5) is 11.6. The zero-order valence-electron chi connectivity index (χ0n) is 10.7. The molecule has 0 aliphatic carbocycles. The minimum atomic E-state index is -2.83. The number of H-pyrrole nitrogens is 1. The minimum absolute atomic E-state index is 0.178. The lowest BCUT2D eigenvalue weighted by Gasteiger charge is -2.11. The van der Waals surface area contributed by atoms with Crippen LogP contribution in [-0.4, -0.2) is 39.4 Å². The van der Waals surface area contributed by atoms with Crippen LogP contribution in [0.4, 0.5) is 0 Å². The van der Waals surface area contributed by atoms with Gasteiger partial charge >= 0.3 is 0 Å². The lowest BCUT2D eigenvalue weighted by atomic mass is 10.1. The molecule has 102 valence electrons. The number of sulfone groups is 1. The van der Waals surface area contributed by atoms with Gasteiger partial charge in [-0.25, -0.2) is 18.4 Å². The molecule has 1 aliphatic heterocycles. The van der Waals surface area contributed by atoms with E-state index in [9.17, 15) is 8.42 Å². The van der Waals surface area contributed by atoms with Crippen LogP contribution in [0.15, 0.2) is 18.7 Å². The summed E-state index contributed by atoms with van der Waals surface area (Å²) in [5, 5.41) is 0. The van der Waals surface area contributed by atoms with Crippen LogP contribution in [0.3, 0.4) is 0 Å². The average Bonchev–Trinajstić information content (AvgIpc) is 3.01. The van der Waals surface area contributed by atoms with Crippen molar-refractivity contribution in [2.24, 2.45) is 5.92 Å². The molecule has 0 saturated carbocycles. The first-order valence-corrected chi connectivity index (χ1v) is 8.09. The summed E-state index contributed by atoms with van der Waals surface area (Å²) in [7, 11) is -2.83. The molecular weight excluding hydrogens is 264 g/mol. The Bertz CT molecular complexity index is 686. The topological polar surface area (TPSA) is 80.6 Å². The van der Waals surface area contributed by atoms with Gasteiger partial charge in [-0.05, 0) is 19.3 Å². The van der Waals surface area contributed by atoms with Gasteiger partial charge in [0.15, 0.2) is 15.7 Å². The Morgan fingerprint density at radius 3 is 2.95 bits per heavy atom. The van der Waals surface area contributed by atoms with Crippen LogP contribution in [0, 0.1) is 12.8 Å². The molecule has 1 atom stereocenters. The molecule has 19 heavy (non-hydrogen) atoms. The van der Waals surface area contributed by atoms with Gasteiger partial charge in [-0.1, -0.05) is 0 Å². The number of nitrogens with zero attached hydrogens (tertiary/aromatic N) is 3. The second-order valence-corrected chi connectivity index (χ2v) is 7.28. The summed E-state index contributed by atoms with van der Waals surface area (Å²) in [6, 6.07) is 0. The van der Waals surface area contributed by atoms with Crippen LogP contribution < -0.4 is 0 Å². The second-order valence-electron chi connectivity index (χ2n) is 5.05. The number of aryl methyl sites for hydroxylation is 1. The van der Waals surface area contributed by atoms with Crippen molar-refractivity contribution < 1.29 is 8.42 Å². The number of aromatic amines is 1. The van der Waals surface area contributed by atoms with E-state index in [0.29, 0.717) is 12.3 Å². The van der Waals surface area contributed by atoms with Gasteiger partial charge in [0.25, 0.3) is 0 Å². The average molecular weight is 280 g/mol. The molecule has 7 heteroatoms. The van der Waals surface area contributed by atoms with Gasteiger partial charge in [0.2, 0.25) is 0 Å². The predicted octanol–water partition coefficient (Wildman–Crippen LogP) is 1.02. The van der Waals surface area contributed by atoms with Gasteiger partial charge in [0, 0.05) is 24.6 Å². The largest absolute Gasteiger partial charge is 0.348 e.